The van der Waals surface area contributed by atoms with Crippen molar-refractivity contribution in [1.29, 1.82) is 0 Å². The number of carbonyl (C=O) groups is 2. The largest absolute Gasteiger partial charge is 0.505 e. The van der Waals surface area contributed by atoms with Gasteiger partial charge in [-0.15, -0.1) is 9.81 Å². The van der Waals surface area contributed by atoms with Crippen molar-refractivity contribution in [2.75, 3.05) is 0 Å². The van der Waals surface area contributed by atoms with Crippen molar-refractivity contribution in [2.24, 2.45) is 15.3 Å². The highest BCUT2D eigenvalue weighted by molar-refractivity contribution is 6.22. The van der Waals surface area contributed by atoms with Gasteiger partial charge in [0.05, 0.1) is 17.3 Å². The maximum absolute atomic E-state index is 11.6. The summed E-state index contributed by atoms with van der Waals surface area (Å²) < 4.78 is 0. The summed E-state index contributed by atoms with van der Waals surface area (Å²) in [6.45, 7) is 0. The quantitative estimate of drug-likeness (QED) is 0.626. The maximum Gasteiger partial charge on any atom is 0.303 e. The first-order valence-electron chi connectivity index (χ1n) is 5.90. The molecular weight excluding hydrogens is 296 g/mol. The highest BCUT2D eigenvalue weighted by Gasteiger charge is 2.40. The number of dihydropyridines is 1. The molecule has 2 aliphatic heterocycles. The first-order valence-corrected chi connectivity index (χ1v) is 5.90. The standard InChI is InChI=1S/C12H6N4O6/c17-9-5-3(13-11(19)7(9)15-21)1-2-4-6(5)10(18)8(16-22)12(20)14-4/h1-3,17-18H,(H,13,19). The molecule has 3 aliphatic rings. The van der Waals surface area contributed by atoms with E-state index in [0.29, 0.717) is 0 Å². The van der Waals surface area contributed by atoms with Crippen LogP contribution in [0.3, 0.4) is 0 Å². The molecule has 1 unspecified atom stereocenters. The maximum atomic E-state index is 11.6. The Morgan fingerprint density at radius 2 is 1.77 bits per heavy atom. The minimum Gasteiger partial charge on any atom is -0.505 e. The van der Waals surface area contributed by atoms with Crippen LogP contribution in [0.15, 0.2) is 61.6 Å². The molecule has 0 spiro atoms. The number of rotatable bonds is 2. The van der Waals surface area contributed by atoms with Crippen molar-refractivity contribution in [3.05, 3.63) is 56.0 Å². The molecule has 10 nitrogen and oxygen atoms in total. The SMILES string of the molecule is O=NC1=C(O)C2=C3C(O)=C(N=O)C(=O)NC3C=CC2=NC1=O. The van der Waals surface area contributed by atoms with Crippen LogP contribution in [-0.2, 0) is 9.59 Å². The zero-order chi connectivity index (χ0) is 16.0. The van der Waals surface area contributed by atoms with E-state index in [2.05, 4.69) is 20.7 Å². The second-order valence-electron chi connectivity index (χ2n) is 4.48. The molecule has 0 bridgehead atoms. The van der Waals surface area contributed by atoms with E-state index in [1.807, 2.05) is 0 Å². The molecule has 0 fully saturated rings. The van der Waals surface area contributed by atoms with E-state index in [1.165, 1.54) is 12.2 Å². The van der Waals surface area contributed by atoms with Gasteiger partial charge in [-0.3, -0.25) is 9.59 Å². The van der Waals surface area contributed by atoms with Crippen molar-refractivity contribution >= 4 is 17.5 Å². The van der Waals surface area contributed by atoms with Crippen LogP contribution in [0.1, 0.15) is 0 Å². The van der Waals surface area contributed by atoms with Crippen molar-refractivity contribution in [2.45, 2.75) is 6.04 Å². The van der Waals surface area contributed by atoms with Crippen LogP contribution in [0.4, 0.5) is 0 Å². The van der Waals surface area contributed by atoms with Gasteiger partial charge in [0, 0.05) is 5.57 Å². The van der Waals surface area contributed by atoms with Crippen molar-refractivity contribution in [1.82, 2.24) is 5.32 Å². The summed E-state index contributed by atoms with van der Waals surface area (Å²) in [6.07, 6.45) is 2.72. The molecular formula is C12H6N4O6. The number of aliphatic hydroxyl groups excluding tert-OH is 2. The van der Waals surface area contributed by atoms with E-state index in [9.17, 15) is 29.6 Å². The lowest BCUT2D eigenvalue weighted by molar-refractivity contribution is -0.118. The number of nitroso groups, excluding NO2 is 2. The lowest BCUT2D eigenvalue weighted by atomic mass is 9.85. The number of carbonyl (C=O) groups excluding carboxylic acids is 2. The van der Waals surface area contributed by atoms with E-state index < -0.39 is 40.8 Å². The van der Waals surface area contributed by atoms with Gasteiger partial charge in [0.2, 0.25) is 11.4 Å². The Balaban J connectivity index is 2.35. The summed E-state index contributed by atoms with van der Waals surface area (Å²) in [4.78, 5) is 48.0. The molecule has 0 aromatic heterocycles. The third-order valence-corrected chi connectivity index (χ3v) is 3.33. The number of hydrogen-bond donors (Lipinski definition) is 3. The van der Waals surface area contributed by atoms with E-state index in [4.69, 9.17) is 0 Å². The summed E-state index contributed by atoms with van der Waals surface area (Å²) in [5.41, 5.74) is -1.90. The third-order valence-electron chi connectivity index (χ3n) is 3.33. The second kappa shape index (κ2) is 4.55. The van der Waals surface area contributed by atoms with Gasteiger partial charge in [-0.25, -0.2) is 4.99 Å². The monoisotopic (exact) mass is 302 g/mol. The number of hydrogen-bond acceptors (Lipinski definition) is 8. The fourth-order valence-electron chi connectivity index (χ4n) is 2.38. The molecule has 0 aromatic rings. The number of nitrogens with one attached hydrogen (secondary N) is 1. The van der Waals surface area contributed by atoms with Gasteiger partial charge in [0.1, 0.15) is 0 Å². The van der Waals surface area contributed by atoms with Gasteiger partial charge in [-0.05, 0) is 16.4 Å². The predicted molar refractivity (Wildman–Crippen MR) is 71.4 cm³/mol. The van der Waals surface area contributed by atoms with Gasteiger partial charge in [0.15, 0.2) is 11.5 Å². The van der Waals surface area contributed by atoms with Crippen LogP contribution in [0.2, 0.25) is 0 Å². The first kappa shape index (κ1) is 13.5. The van der Waals surface area contributed by atoms with Crippen LogP contribution >= 0.6 is 0 Å². The Morgan fingerprint density at radius 1 is 1.09 bits per heavy atom. The fraction of sp³-hybridized carbons (Fsp3) is 0.0833. The minimum absolute atomic E-state index is 0.0332. The van der Waals surface area contributed by atoms with Crippen molar-refractivity contribution in [3.63, 3.8) is 0 Å². The molecule has 0 saturated heterocycles. The Bertz CT molecular complexity index is 813. The van der Waals surface area contributed by atoms with Gasteiger partial charge < -0.3 is 15.5 Å². The summed E-state index contributed by atoms with van der Waals surface area (Å²) in [6, 6.07) is -0.879. The predicted octanol–water partition coefficient (Wildman–Crippen LogP) is 0.404. The molecule has 1 aliphatic carbocycles. The van der Waals surface area contributed by atoms with Gasteiger partial charge in [-0.1, -0.05) is 6.08 Å². The molecule has 3 rings (SSSR count). The molecule has 22 heavy (non-hydrogen) atoms. The molecule has 2 heterocycles. The average Bonchev–Trinajstić information content (AvgIpc) is 2.47. The van der Waals surface area contributed by atoms with E-state index >= 15 is 0 Å². The lowest BCUT2D eigenvalue weighted by Crippen LogP contribution is -2.43. The molecule has 110 valence electrons. The smallest absolute Gasteiger partial charge is 0.303 e. The van der Waals surface area contributed by atoms with E-state index in [0.717, 1.165) is 0 Å². The Kier molecular flexibility index (Phi) is 2.80. The Morgan fingerprint density at radius 3 is 2.41 bits per heavy atom. The topological polar surface area (TPSA) is 158 Å². The van der Waals surface area contributed by atoms with Crippen LogP contribution in [0, 0.1) is 9.81 Å². The van der Waals surface area contributed by atoms with Crippen LogP contribution in [0.25, 0.3) is 0 Å². The van der Waals surface area contributed by atoms with Crippen molar-refractivity contribution < 1.29 is 19.8 Å². The molecule has 10 heteroatoms. The number of fused-ring (bicyclic) bond motifs is 2. The summed E-state index contributed by atoms with van der Waals surface area (Å²) in [7, 11) is 0. The number of aliphatic hydroxyl groups is 2. The Hall–Kier alpha value is -3.43. The zero-order valence-electron chi connectivity index (χ0n) is 10.6. The minimum atomic E-state index is -1.04. The third kappa shape index (κ3) is 1.63. The number of aliphatic imine (C=N–C) groups is 1. The average molecular weight is 302 g/mol. The molecule has 0 saturated carbocycles. The number of nitrogens with zero attached hydrogens (tertiary/aromatic N) is 3. The highest BCUT2D eigenvalue weighted by atomic mass is 16.3. The second-order valence-corrected chi connectivity index (χ2v) is 4.48. The van der Waals surface area contributed by atoms with Gasteiger partial charge in [-0.2, -0.15) is 0 Å². The molecule has 0 aromatic carbocycles. The number of allylic oxidation sites excluding steroid dienone is 2. The zero-order valence-corrected chi connectivity index (χ0v) is 10.6. The van der Waals surface area contributed by atoms with Gasteiger partial charge >= 0.3 is 5.91 Å². The summed E-state index contributed by atoms with van der Waals surface area (Å²) in [5, 5.41) is 27.3. The molecule has 0 radical (unpaired) electrons. The summed E-state index contributed by atoms with van der Waals surface area (Å²) in [5.74, 6) is -3.48. The highest BCUT2D eigenvalue weighted by Crippen LogP contribution is 2.35. The van der Waals surface area contributed by atoms with Crippen LogP contribution in [0.5, 0.6) is 0 Å². The van der Waals surface area contributed by atoms with E-state index in [1.54, 1.807) is 0 Å². The first-order chi connectivity index (χ1) is 10.5. The number of amides is 2. The molecule has 1 atom stereocenters. The normalized spacial score (nSPS) is 23.8. The Labute approximate surface area is 121 Å². The fourth-order valence-corrected chi connectivity index (χ4v) is 2.38. The van der Waals surface area contributed by atoms with Gasteiger partial charge in [0.25, 0.3) is 5.91 Å². The van der Waals surface area contributed by atoms with Crippen molar-refractivity contribution in [3.8, 4) is 0 Å². The lowest BCUT2D eigenvalue weighted by Gasteiger charge is -2.30. The van der Waals surface area contributed by atoms with Crippen LogP contribution in [-0.4, -0.2) is 33.8 Å². The van der Waals surface area contributed by atoms with E-state index in [-0.39, 0.29) is 16.9 Å². The molecule has 3 N–H and O–H groups in total. The molecule has 2 amide bonds. The van der Waals surface area contributed by atoms with Crippen LogP contribution < -0.4 is 5.32 Å². The summed E-state index contributed by atoms with van der Waals surface area (Å²) >= 11 is 0.